The van der Waals surface area contributed by atoms with Crippen LogP contribution < -0.4 is 10.1 Å². The van der Waals surface area contributed by atoms with Crippen molar-refractivity contribution in [3.8, 4) is 5.75 Å². The molecule has 130 valence electrons. The summed E-state index contributed by atoms with van der Waals surface area (Å²) in [6.07, 6.45) is 2.09. The molecule has 0 aromatic heterocycles. The minimum atomic E-state index is -0.248. The molecule has 0 unspecified atom stereocenters. The van der Waals surface area contributed by atoms with Crippen LogP contribution in [0.1, 0.15) is 28.8 Å². The van der Waals surface area contributed by atoms with Crippen molar-refractivity contribution in [1.29, 1.82) is 0 Å². The zero-order chi connectivity index (χ0) is 17.5. The summed E-state index contributed by atoms with van der Waals surface area (Å²) in [5.74, 6) is 0.435. The van der Waals surface area contributed by atoms with Gasteiger partial charge >= 0.3 is 0 Å². The molecule has 5 nitrogen and oxygen atoms in total. The second-order valence-electron chi connectivity index (χ2n) is 6.07. The quantitative estimate of drug-likeness (QED) is 0.881. The molecule has 1 aliphatic rings. The van der Waals surface area contributed by atoms with Gasteiger partial charge in [0, 0.05) is 18.7 Å². The molecule has 2 aromatic carbocycles. The van der Waals surface area contributed by atoms with E-state index in [1.165, 1.54) is 0 Å². The van der Waals surface area contributed by atoms with Crippen molar-refractivity contribution < 1.29 is 14.3 Å². The van der Waals surface area contributed by atoms with Crippen LogP contribution in [-0.2, 0) is 11.4 Å². The summed E-state index contributed by atoms with van der Waals surface area (Å²) in [6.45, 7) is 2.12. The zero-order valence-corrected chi connectivity index (χ0v) is 14.1. The van der Waals surface area contributed by atoms with E-state index in [1.54, 1.807) is 29.2 Å². The van der Waals surface area contributed by atoms with Crippen LogP contribution >= 0.6 is 0 Å². The Bertz CT molecular complexity index is 707. The Morgan fingerprint density at radius 3 is 2.32 bits per heavy atom. The first-order valence-electron chi connectivity index (χ1n) is 8.55. The summed E-state index contributed by atoms with van der Waals surface area (Å²) in [6, 6.07) is 16.8. The first kappa shape index (κ1) is 17.0. The molecule has 1 aliphatic heterocycles. The third-order valence-electron chi connectivity index (χ3n) is 4.22. The van der Waals surface area contributed by atoms with Crippen LogP contribution in [0.4, 0.5) is 0 Å². The fourth-order valence-electron chi connectivity index (χ4n) is 2.78. The van der Waals surface area contributed by atoms with Gasteiger partial charge in [0.2, 0.25) is 5.91 Å². The van der Waals surface area contributed by atoms with Gasteiger partial charge in [0.1, 0.15) is 12.4 Å². The van der Waals surface area contributed by atoms with Gasteiger partial charge in [-0.25, -0.2) is 0 Å². The highest BCUT2D eigenvalue weighted by molar-refractivity contribution is 5.96. The van der Waals surface area contributed by atoms with E-state index >= 15 is 0 Å². The van der Waals surface area contributed by atoms with Gasteiger partial charge < -0.3 is 15.0 Å². The number of nitrogens with zero attached hydrogens (tertiary/aromatic N) is 1. The maximum atomic E-state index is 12.1. The molecule has 2 aromatic rings. The molecule has 0 spiro atoms. The van der Waals surface area contributed by atoms with Crippen LogP contribution in [0.3, 0.4) is 0 Å². The second-order valence-corrected chi connectivity index (χ2v) is 6.07. The number of benzene rings is 2. The third kappa shape index (κ3) is 4.83. The van der Waals surface area contributed by atoms with Gasteiger partial charge in [0.05, 0.1) is 6.54 Å². The summed E-state index contributed by atoms with van der Waals surface area (Å²) in [5, 5.41) is 2.68. The van der Waals surface area contributed by atoms with Gasteiger partial charge in [0.25, 0.3) is 5.91 Å². The number of hydrogen-bond donors (Lipinski definition) is 1. The van der Waals surface area contributed by atoms with Gasteiger partial charge in [-0.3, -0.25) is 9.59 Å². The highest BCUT2D eigenvalue weighted by Gasteiger charge is 2.18. The normalized spacial score (nSPS) is 13.5. The molecule has 0 atom stereocenters. The second kappa shape index (κ2) is 8.33. The van der Waals surface area contributed by atoms with E-state index in [4.69, 9.17) is 4.74 Å². The number of carbonyl (C=O) groups is 2. The third-order valence-corrected chi connectivity index (χ3v) is 4.22. The van der Waals surface area contributed by atoms with E-state index in [0.29, 0.717) is 17.9 Å². The lowest BCUT2D eigenvalue weighted by Crippen LogP contribution is -2.38. The first-order chi connectivity index (χ1) is 12.2. The van der Waals surface area contributed by atoms with Crippen LogP contribution in [0.25, 0.3) is 0 Å². The molecule has 1 heterocycles. The van der Waals surface area contributed by atoms with Crippen molar-refractivity contribution in [2.75, 3.05) is 19.6 Å². The van der Waals surface area contributed by atoms with Crippen molar-refractivity contribution in [3.63, 3.8) is 0 Å². The summed E-state index contributed by atoms with van der Waals surface area (Å²) >= 11 is 0. The van der Waals surface area contributed by atoms with Crippen molar-refractivity contribution in [2.45, 2.75) is 19.4 Å². The Hall–Kier alpha value is -2.82. The Kier molecular flexibility index (Phi) is 5.67. The molecule has 5 heteroatoms. The minimum Gasteiger partial charge on any atom is -0.489 e. The Morgan fingerprint density at radius 2 is 1.64 bits per heavy atom. The van der Waals surface area contributed by atoms with Crippen LogP contribution in [0, 0.1) is 0 Å². The monoisotopic (exact) mass is 338 g/mol. The molecule has 0 radical (unpaired) electrons. The number of carbonyl (C=O) groups excluding carboxylic acids is 2. The number of amides is 2. The van der Waals surface area contributed by atoms with Gasteiger partial charge in [-0.1, -0.05) is 30.3 Å². The number of likely N-dealkylation sites (tertiary alicyclic amines) is 1. The zero-order valence-electron chi connectivity index (χ0n) is 14.1. The summed E-state index contributed by atoms with van der Waals surface area (Å²) in [7, 11) is 0. The maximum Gasteiger partial charge on any atom is 0.251 e. The van der Waals surface area contributed by atoms with E-state index in [-0.39, 0.29) is 18.4 Å². The van der Waals surface area contributed by atoms with Gasteiger partial charge in [-0.15, -0.1) is 0 Å². The van der Waals surface area contributed by atoms with E-state index in [1.807, 2.05) is 30.3 Å². The molecule has 0 bridgehead atoms. The molecule has 1 N–H and O–H groups in total. The fourth-order valence-corrected chi connectivity index (χ4v) is 2.78. The Balaban J connectivity index is 1.47. The molecule has 0 saturated carbocycles. The van der Waals surface area contributed by atoms with Crippen LogP contribution in [-0.4, -0.2) is 36.3 Å². The smallest absolute Gasteiger partial charge is 0.251 e. The lowest BCUT2D eigenvalue weighted by Gasteiger charge is -2.15. The van der Waals surface area contributed by atoms with E-state index < -0.39 is 0 Å². The van der Waals surface area contributed by atoms with E-state index in [0.717, 1.165) is 31.5 Å². The molecule has 0 aliphatic carbocycles. The summed E-state index contributed by atoms with van der Waals surface area (Å²) in [5.41, 5.74) is 1.60. The SMILES string of the molecule is O=C(NCC(=O)N1CCCC1)c1ccc(OCc2ccccc2)cc1. The minimum absolute atomic E-state index is 0.0198. The number of nitrogens with one attached hydrogen (secondary N) is 1. The largest absolute Gasteiger partial charge is 0.489 e. The van der Waals surface area contributed by atoms with E-state index in [2.05, 4.69) is 5.32 Å². The average molecular weight is 338 g/mol. The molecule has 3 rings (SSSR count). The van der Waals surface area contributed by atoms with Crippen molar-refractivity contribution >= 4 is 11.8 Å². The average Bonchev–Trinajstić information content (AvgIpc) is 3.20. The van der Waals surface area contributed by atoms with Gasteiger partial charge in [-0.2, -0.15) is 0 Å². The van der Waals surface area contributed by atoms with Crippen molar-refractivity contribution in [1.82, 2.24) is 10.2 Å². The predicted molar refractivity (Wildman–Crippen MR) is 95.4 cm³/mol. The van der Waals surface area contributed by atoms with Gasteiger partial charge in [-0.05, 0) is 42.7 Å². The maximum absolute atomic E-state index is 12.1. The predicted octanol–water partition coefficient (Wildman–Crippen LogP) is 2.62. The molecular formula is C20H22N2O3. The van der Waals surface area contributed by atoms with Gasteiger partial charge in [0.15, 0.2) is 0 Å². The first-order valence-corrected chi connectivity index (χ1v) is 8.55. The highest BCUT2D eigenvalue weighted by atomic mass is 16.5. The number of hydrogen-bond acceptors (Lipinski definition) is 3. The molecule has 1 saturated heterocycles. The van der Waals surface area contributed by atoms with Crippen molar-refractivity contribution in [3.05, 3.63) is 65.7 Å². The summed E-state index contributed by atoms with van der Waals surface area (Å²) < 4.78 is 5.70. The number of ether oxygens (including phenoxy) is 1. The number of rotatable bonds is 6. The Labute approximate surface area is 147 Å². The van der Waals surface area contributed by atoms with Crippen LogP contribution in [0.5, 0.6) is 5.75 Å². The van der Waals surface area contributed by atoms with E-state index in [9.17, 15) is 9.59 Å². The van der Waals surface area contributed by atoms with Crippen LogP contribution in [0.15, 0.2) is 54.6 Å². The molecule has 25 heavy (non-hydrogen) atoms. The summed E-state index contributed by atoms with van der Waals surface area (Å²) in [4.78, 5) is 25.9. The molecule has 2 amide bonds. The fraction of sp³-hybridized carbons (Fsp3) is 0.300. The highest BCUT2D eigenvalue weighted by Crippen LogP contribution is 2.14. The topological polar surface area (TPSA) is 58.6 Å². The van der Waals surface area contributed by atoms with Crippen LogP contribution in [0.2, 0.25) is 0 Å². The lowest BCUT2D eigenvalue weighted by molar-refractivity contribution is -0.129. The standard InChI is InChI=1S/C20H22N2O3/c23-19(22-12-4-5-13-22)14-21-20(24)17-8-10-18(11-9-17)25-15-16-6-2-1-3-7-16/h1-3,6-11H,4-5,12-15H2,(H,21,24). The molecular weight excluding hydrogens is 316 g/mol. The Morgan fingerprint density at radius 1 is 0.960 bits per heavy atom. The molecule has 1 fully saturated rings. The van der Waals surface area contributed by atoms with Crippen molar-refractivity contribution in [2.24, 2.45) is 0 Å². The lowest BCUT2D eigenvalue weighted by atomic mass is 10.2.